The molecule has 4 aromatic rings. The lowest BCUT2D eigenvalue weighted by atomic mass is 9.92. The van der Waals surface area contributed by atoms with Crippen molar-refractivity contribution >= 4 is 22.9 Å². The van der Waals surface area contributed by atoms with Crippen LogP contribution in [0.1, 0.15) is 62.2 Å². The predicted molar refractivity (Wildman–Crippen MR) is 154 cm³/mol. The van der Waals surface area contributed by atoms with Crippen LogP contribution < -0.4 is 16.4 Å². The molecule has 0 amide bonds. The second-order valence-electron chi connectivity index (χ2n) is 11.2. The SMILES string of the molecule is CCc1cnn([C@H]2C[C@@H](n3cnc4c(NCCc5ccccc5)nc(NC5CCC(N)CC5)nc43)[C@H](O)[C@@H]2O)c1. The van der Waals surface area contributed by atoms with E-state index in [1.807, 2.05) is 35.2 Å². The van der Waals surface area contributed by atoms with Crippen molar-refractivity contribution in [2.45, 2.75) is 88.2 Å². The van der Waals surface area contributed by atoms with Gasteiger partial charge in [-0.25, -0.2) is 4.98 Å². The molecular weight excluding hydrogens is 506 g/mol. The second kappa shape index (κ2) is 11.5. The molecule has 2 aliphatic rings. The molecule has 0 bridgehead atoms. The third-order valence-electron chi connectivity index (χ3n) is 8.46. The number of aryl methyl sites for hydroxylation is 1. The van der Waals surface area contributed by atoms with Gasteiger partial charge in [0.25, 0.3) is 0 Å². The summed E-state index contributed by atoms with van der Waals surface area (Å²) in [5.41, 5.74) is 9.72. The van der Waals surface area contributed by atoms with Gasteiger partial charge in [0.15, 0.2) is 17.0 Å². The van der Waals surface area contributed by atoms with Crippen LogP contribution in [0.25, 0.3) is 11.2 Å². The van der Waals surface area contributed by atoms with Crippen molar-refractivity contribution in [1.82, 2.24) is 29.3 Å². The Bertz CT molecular complexity index is 1410. The smallest absolute Gasteiger partial charge is 0.227 e. The summed E-state index contributed by atoms with van der Waals surface area (Å²) in [5.74, 6) is 1.18. The van der Waals surface area contributed by atoms with E-state index in [1.165, 1.54) is 5.56 Å². The molecule has 3 heterocycles. The van der Waals surface area contributed by atoms with Gasteiger partial charge < -0.3 is 31.1 Å². The summed E-state index contributed by atoms with van der Waals surface area (Å²) in [5, 5.41) is 33.6. The number of aliphatic hydroxyl groups excluding tert-OH is 2. The zero-order chi connectivity index (χ0) is 27.6. The van der Waals surface area contributed by atoms with Gasteiger partial charge in [-0.2, -0.15) is 15.1 Å². The number of hydrogen-bond acceptors (Lipinski definition) is 9. The molecule has 2 aliphatic carbocycles. The van der Waals surface area contributed by atoms with E-state index in [2.05, 4.69) is 39.8 Å². The molecule has 212 valence electrons. The van der Waals surface area contributed by atoms with E-state index in [-0.39, 0.29) is 18.1 Å². The molecule has 0 spiro atoms. The van der Waals surface area contributed by atoms with Gasteiger partial charge in [0, 0.05) is 24.8 Å². The van der Waals surface area contributed by atoms with E-state index >= 15 is 0 Å². The van der Waals surface area contributed by atoms with Crippen LogP contribution in [0.5, 0.6) is 0 Å². The normalized spacial score (nSPS) is 26.8. The van der Waals surface area contributed by atoms with Gasteiger partial charge in [0.1, 0.15) is 12.2 Å². The number of anilines is 2. The van der Waals surface area contributed by atoms with E-state index in [4.69, 9.17) is 15.7 Å². The second-order valence-corrected chi connectivity index (χ2v) is 11.2. The monoisotopic (exact) mass is 545 g/mol. The molecule has 0 saturated heterocycles. The standard InChI is InChI=1S/C29H39N9O2/c1-2-18-15-33-38(16-18)23-14-22(25(39)26(23)40)37-17-32-24-27(31-13-12-19-6-4-3-5-7-19)35-29(36-28(24)37)34-21-10-8-20(30)9-11-21/h3-7,15-17,20-23,25-26,39-40H,2,8-14,30H2,1H3,(H2,31,34,35,36)/t20?,21?,22-,23+,25+,26-/m1/s1. The van der Waals surface area contributed by atoms with Gasteiger partial charge in [0.05, 0.1) is 24.6 Å². The molecule has 40 heavy (non-hydrogen) atoms. The van der Waals surface area contributed by atoms with Gasteiger partial charge in [-0.3, -0.25) is 4.68 Å². The van der Waals surface area contributed by atoms with Crippen LogP contribution in [-0.2, 0) is 12.8 Å². The molecule has 0 radical (unpaired) electrons. The summed E-state index contributed by atoms with van der Waals surface area (Å²) in [6, 6.07) is 10.1. The highest BCUT2D eigenvalue weighted by molar-refractivity contribution is 5.84. The molecule has 6 rings (SSSR count). The fraction of sp³-hybridized carbons (Fsp3) is 0.517. The Kier molecular flexibility index (Phi) is 7.68. The van der Waals surface area contributed by atoms with Crippen molar-refractivity contribution in [3.8, 4) is 0 Å². The minimum Gasteiger partial charge on any atom is -0.388 e. The van der Waals surface area contributed by atoms with Crippen LogP contribution >= 0.6 is 0 Å². The topological polar surface area (TPSA) is 152 Å². The van der Waals surface area contributed by atoms with Gasteiger partial charge in [-0.05, 0) is 56.1 Å². The lowest BCUT2D eigenvalue weighted by molar-refractivity contribution is 0.00721. The van der Waals surface area contributed by atoms with Crippen molar-refractivity contribution in [3.63, 3.8) is 0 Å². The first-order valence-electron chi connectivity index (χ1n) is 14.4. The van der Waals surface area contributed by atoms with E-state index in [9.17, 15) is 10.2 Å². The van der Waals surface area contributed by atoms with Gasteiger partial charge >= 0.3 is 0 Å². The Morgan fingerprint density at radius 1 is 1.00 bits per heavy atom. The zero-order valence-electron chi connectivity index (χ0n) is 22.9. The van der Waals surface area contributed by atoms with Crippen molar-refractivity contribution in [1.29, 1.82) is 0 Å². The molecule has 0 aliphatic heterocycles. The number of aliphatic hydroxyl groups is 2. The molecule has 6 N–H and O–H groups in total. The Morgan fingerprint density at radius 2 is 1.77 bits per heavy atom. The molecule has 11 heteroatoms. The Labute approximate surface area is 233 Å². The van der Waals surface area contributed by atoms with E-state index in [0.29, 0.717) is 35.9 Å². The van der Waals surface area contributed by atoms with E-state index in [0.717, 1.165) is 44.1 Å². The highest BCUT2D eigenvalue weighted by atomic mass is 16.3. The molecular formula is C29H39N9O2. The van der Waals surface area contributed by atoms with Crippen LogP contribution in [-0.4, -0.2) is 70.3 Å². The first-order valence-corrected chi connectivity index (χ1v) is 14.4. The number of nitrogens with one attached hydrogen (secondary N) is 2. The molecule has 4 atom stereocenters. The summed E-state index contributed by atoms with van der Waals surface area (Å²) >= 11 is 0. The summed E-state index contributed by atoms with van der Waals surface area (Å²) in [6.45, 7) is 2.76. The van der Waals surface area contributed by atoms with Crippen LogP contribution in [0.2, 0.25) is 0 Å². The molecule has 2 saturated carbocycles. The number of aromatic nitrogens is 6. The van der Waals surface area contributed by atoms with Gasteiger partial charge in [-0.15, -0.1) is 0 Å². The first-order chi connectivity index (χ1) is 19.5. The third-order valence-corrected chi connectivity index (χ3v) is 8.46. The fourth-order valence-electron chi connectivity index (χ4n) is 6.03. The largest absolute Gasteiger partial charge is 0.388 e. The van der Waals surface area contributed by atoms with Crippen LogP contribution in [0, 0.1) is 0 Å². The van der Waals surface area contributed by atoms with Crippen molar-refractivity contribution in [3.05, 3.63) is 60.2 Å². The summed E-state index contributed by atoms with van der Waals surface area (Å²) < 4.78 is 3.66. The van der Waals surface area contributed by atoms with Crippen molar-refractivity contribution < 1.29 is 10.2 Å². The highest BCUT2D eigenvalue weighted by Crippen LogP contribution is 2.40. The predicted octanol–water partition coefficient (Wildman–Crippen LogP) is 2.83. The van der Waals surface area contributed by atoms with Crippen LogP contribution in [0.15, 0.2) is 49.1 Å². The molecule has 0 unspecified atom stereocenters. The minimum atomic E-state index is -0.989. The lowest BCUT2D eigenvalue weighted by Gasteiger charge is -2.27. The lowest BCUT2D eigenvalue weighted by Crippen LogP contribution is -2.33. The quantitative estimate of drug-likeness (QED) is 0.214. The number of hydrogen-bond donors (Lipinski definition) is 5. The Hall–Kier alpha value is -3.54. The van der Waals surface area contributed by atoms with Gasteiger partial charge in [0.2, 0.25) is 5.95 Å². The van der Waals surface area contributed by atoms with E-state index < -0.39 is 18.2 Å². The van der Waals surface area contributed by atoms with Crippen molar-refractivity contribution in [2.24, 2.45) is 5.73 Å². The average Bonchev–Trinajstić information content (AvgIpc) is 3.69. The van der Waals surface area contributed by atoms with Crippen molar-refractivity contribution in [2.75, 3.05) is 17.2 Å². The third kappa shape index (κ3) is 5.41. The molecule has 1 aromatic carbocycles. The maximum Gasteiger partial charge on any atom is 0.227 e. The number of benzene rings is 1. The summed E-state index contributed by atoms with van der Waals surface area (Å²) in [6.07, 6.45) is 9.61. The first kappa shape index (κ1) is 26.7. The fourth-order valence-corrected chi connectivity index (χ4v) is 6.03. The number of imidazole rings is 1. The Morgan fingerprint density at radius 3 is 2.52 bits per heavy atom. The summed E-state index contributed by atoms with van der Waals surface area (Å²) in [4.78, 5) is 14.4. The zero-order valence-corrected chi connectivity index (χ0v) is 22.9. The molecule has 2 fully saturated rings. The number of nitrogens with zero attached hydrogens (tertiary/aromatic N) is 6. The highest BCUT2D eigenvalue weighted by Gasteiger charge is 2.44. The maximum absolute atomic E-state index is 11.2. The number of rotatable bonds is 9. The van der Waals surface area contributed by atoms with Crippen LogP contribution in [0.4, 0.5) is 11.8 Å². The maximum atomic E-state index is 11.2. The minimum absolute atomic E-state index is 0.252. The molecule has 11 nitrogen and oxygen atoms in total. The summed E-state index contributed by atoms with van der Waals surface area (Å²) in [7, 11) is 0. The van der Waals surface area contributed by atoms with E-state index in [1.54, 1.807) is 11.0 Å². The average molecular weight is 546 g/mol. The van der Waals surface area contributed by atoms with Crippen LogP contribution in [0.3, 0.4) is 0 Å². The Balaban J connectivity index is 1.29. The number of nitrogens with two attached hydrogens (primary N) is 1. The molecule has 3 aromatic heterocycles. The van der Waals surface area contributed by atoms with Gasteiger partial charge in [-0.1, -0.05) is 37.3 Å². The number of fused-ring (bicyclic) bond motifs is 1.